The van der Waals surface area contributed by atoms with E-state index < -0.39 is 12.6 Å². The predicted molar refractivity (Wildman–Crippen MR) is 97.1 cm³/mol. The van der Waals surface area contributed by atoms with Crippen molar-refractivity contribution in [3.8, 4) is 0 Å². The van der Waals surface area contributed by atoms with Gasteiger partial charge in [-0.05, 0) is 61.2 Å². The summed E-state index contributed by atoms with van der Waals surface area (Å²) >= 11 is 0. The summed E-state index contributed by atoms with van der Waals surface area (Å²) in [7, 11) is 0. The van der Waals surface area contributed by atoms with Gasteiger partial charge in [0.25, 0.3) is 0 Å². The monoisotopic (exact) mass is 376 g/mol. The van der Waals surface area contributed by atoms with Gasteiger partial charge in [-0.2, -0.15) is 0 Å². The third-order valence-electron chi connectivity index (χ3n) is 9.21. The molecular formula is C22H32O5. The predicted octanol–water partition coefficient (Wildman–Crippen LogP) is 4.04. The van der Waals surface area contributed by atoms with Crippen LogP contribution in [0.4, 0.5) is 0 Å². The Kier molecular flexibility index (Phi) is 3.65. The molecule has 0 radical (unpaired) electrons. The van der Waals surface area contributed by atoms with Gasteiger partial charge in [0.05, 0.1) is 5.92 Å². The first-order valence-corrected chi connectivity index (χ1v) is 10.7. The van der Waals surface area contributed by atoms with Crippen LogP contribution in [-0.2, 0) is 23.8 Å². The number of fused-ring (bicyclic) bond motifs is 2. The molecule has 3 aliphatic carbocycles. The van der Waals surface area contributed by atoms with Crippen LogP contribution >= 0.6 is 0 Å². The van der Waals surface area contributed by atoms with Crippen LogP contribution in [0.2, 0.25) is 0 Å². The lowest BCUT2D eigenvalue weighted by Gasteiger charge is -2.65. The van der Waals surface area contributed by atoms with E-state index in [1.165, 1.54) is 26.2 Å². The van der Waals surface area contributed by atoms with Crippen molar-refractivity contribution in [1.82, 2.24) is 0 Å². The van der Waals surface area contributed by atoms with E-state index in [-0.39, 0.29) is 34.6 Å². The van der Waals surface area contributed by atoms with Crippen molar-refractivity contribution in [2.45, 2.75) is 85.2 Å². The largest absolute Gasteiger partial charge is 0.435 e. The Balaban J connectivity index is 1.61. The average molecular weight is 376 g/mol. The van der Waals surface area contributed by atoms with Gasteiger partial charge < -0.3 is 14.2 Å². The van der Waals surface area contributed by atoms with Crippen molar-refractivity contribution < 1.29 is 23.8 Å². The Morgan fingerprint density at radius 1 is 1.07 bits per heavy atom. The molecule has 0 bridgehead atoms. The van der Waals surface area contributed by atoms with Crippen molar-refractivity contribution >= 4 is 11.9 Å². The highest BCUT2D eigenvalue weighted by atomic mass is 16.8. The molecule has 150 valence electrons. The number of hydrogen-bond acceptors (Lipinski definition) is 5. The minimum absolute atomic E-state index is 0.0379. The van der Waals surface area contributed by atoms with Gasteiger partial charge in [-0.25, -0.2) is 0 Å². The lowest BCUT2D eigenvalue weighted by molar-refractivity contribution is -0.251. The van der Waals surface area contributed by atoms with Crippen molar-refractivity contribution in [1.29, 1.82) is 0 Å². The summed E-state index contributed by atoms with van der Waals surface area (Å²) in [6, 6.07) is 0. The summed E-state index contributed by atoms with van der Waals surface area (Å²) < 4.78 is 17.5. The summed E-state index contributed by atoms with van der Waals surface area (Å²) in [6.45, 7) is 8.78. The molecule has 5 heteroatoms. The summed E-state index contributed by atoms with van der Waals surface area (Å²) in [4.78, 5) is 24.3. The Morgan fingerprint density at radius 2 is 1.85 bits per heavy atom. The molecule has 5 nitrogen and oxygen atoms in total. The maximum Gasteiger partial charge on any atom is 0.311 e. The van der Waals surface area contributed by atoms with Crippen LogP contribution in [0, 0.1) is 39.9 Å². The summed E-state index contributed by atoms with van der Waals surface area (Å²) in [6.07, 6.45) is 6.61. The minimum Gasteiger partial charge on any atom is -0.435 e. The standard InChI is InChI=1S/C22H32O5/c1-12(23)25-19-22-11-8-14-20(2,3)9-5-10-21(14,4)15(22)7-6-13-16(22)18(27-19)26-17(13)24/h13-16,18-19H,5-11H2,1-4H3/t13-,14+,15-,16+,18+,19-,21+,22+/m1/s1. The highest BCUT2D eigenvalue weighted by molar-refractivity contribution is 5.76. The van der Waals surface area contributed by atoms with Crippen molar-refractivity contribution in [3.63, 3.8) is 0 Å². The third-order valence-corrected chi connectivity index (χ3v) is 9.21. The number of carbonyl (C=O) groups is 2. The molecule has 5 fully saturated rings. The lowest BCUT2D eigenvalue weighted by atomic mass is 9.38. The molecule has 8 atom stereocenters. The van der Waals surface area contributed by atoms with Crippen LogP contribution in [0.5, 0.6) is 0 Å². The van der Waals surface area contributed by atoms with E-state index in [9.17, 15) is 9.59 Å². The Morgan fingerprint density at radius 3 is 2.59 bits per heavy atom. The minimum atomic E-state index is -0.575. The topological polar surface area (TPSA) is 61.8 Å². The second-order valence-electron chi connectivity index (χ2n) is 10.7. The first-order valence-electron chi connectivity index (χ1n) is 10.7. The number of hydrogen-bond donors (Lipinski definition) is 0. The third kappa shape index (κ3) is 2.15. The zero-order valence-electron chi connectivity index (χ0n) is 17.0. The normalized spacial score (nSPS) is 52.4. The van der Waals surface area contributed by atoms with Gasteiger partial charge in [0, 0.05) is 18.3 Å². The second-order valence-corrected chi connectivity index (χ2v) is 10.7. The highest BCUT2D eigenvalue weighted by Crippen LogP contribution is 2.73. The molecule has 0 aromatic carbocycles. The van der Waals surface area contributed by atoms with Gasteiger partial charge in [0.1, 0.15) is 0 Å². The van der Waals surface area contributed by atoms with Crippen molar-refractivity contribution in [3.05, 3.63) is 0 Å². The first-order chi connectivity index (χ1) is 12.7. The molecule has 2 heterocycles. The second kappa shape index (κ2) is 5.49. The van der Waals surface area contributed by atoms with Crippen LogP contribution in [0.15, 0.2) is 0 Å². The van der Waals surface area contributed by atoms with Gasteiger partial charge in [-0.1, -0.05) is 27.2 Å². The fraction of sp³-hybridized carbons (Fsp3) is 0.909. The zero-order valence-corrected chi connectivity index (χ0v) is 17.0. The quantitative estimate of drug-likeness (QED) is 0.646. The molecular weight excluding hydrogens is 344 g/mol. The Labute approximate surface area is 161 Å². The fourth-order valence-electron chi connectivity index (χ4n) is 8.45. The van der Waals surface area contributed by atoms with E-state index in [2.05, 4.69) is 20.8 Å². The molecule has 5 aliphatic rings. The van der Waals surface area contributed by atoms with E-state index in [1.54, 1.807) is 0 Å². The van der Waals surface area contributed by atoms with Crippen LogP contribution in [0.3, 0.4) is 0 Å². The molecule has 0 unspecified atom stereocenters. The van der Waals surface area contributed by atoms with Gasteiger partial charge in [-0.15, -0.1) is 0 Å². The lowest BCUT2D eigenvalue weighted by Crippen LogP contribution is -2.62. The summed E-state index contributed by atoms with van der Waals surface area (Å²) in [5.74, 6) is 0.604. The number of ether oxygens (including phenoxy) is 3. The Hall–Kier alpha value is -1.10. The van der Waals surface area contributed by atoms with Crippen molar-refractivity contribution in [2.75, 3.05) is 0 Å². The molecule has 3 saturated carbocycles. The van der Waals surface area contributed by atoms with Gasteiger partial charge in [0.2, 0.25) is 12.6 Å². The molecule has 2 saturated heterocycles. The van der Waals surface area contributed by atoms with E-state index in [4.69, 9.17) is 14.2 Å². The summed E-state index contributed by atoms with van der Waals surface area (Å²) in [5, 5.41) is 0. The van der Waals surface area contributed by atoms with Crippen molar-refractivity contribution in [2.24, 2.45) is 39.9 Å². The summed E-state index contributed by atoms with van der Waals surface area (Å²) in [5.41, 5.74) is 0.264. The van der Waals surface area contributed by atoms with Gasteiger partial charge >= 0.3 is 11.9 Å². The van der Waals surface area contributed by atoms with Crippen LogP contribution < -0.4 is 0 Å². The number of esters is 2. The smallest absolute Gasteiger partial charge is 0.311 e. The molecule has 0 N–H and O–H groups in total. The van der Waals surface area contributed by atoms with E-state index in [0.29, 0.717) is 17.3 Å². The maximum absolute atomic E-state index is 12.5. The molecule has 1 spiro atoms. The molecule has 0 amide bonds. The molecule has 0 aromatic rings. The van der Waals surface area contributed by atoms with Crippen LogP contribution in [0.25, 0.3) is 0 Å². The number of carbonyl (C=O) groups excluding carboxylic acids is 2. The highest BCUT2D eigenvalue weighted by Gasteiger charge is 2.75. The van der Waals surface area contributed by atoms with Gasteiger partial charge in [-0.3, -0.25) is 9.59 Å². The van der Waals surface area contributed by atoms with Crippen LogP contribution in [0.1, 0.15) is 72.6 Å². The first kappa shape index (κ1) is 18.0. The van der Waals surface area contributed by atoms with E-state index in [0.717, 1.165) is 25.7 Å². The molecule has 5 rings (SSSR count). The maximum atomic E-state index is 12.5. The molecule has 0 aromatic heterocycles. The van der Waals surface area contributed by atoms with Crippen LogP contribution in [-0.4, -0.2) is 24.5 Å². The number of rotatable bonds is 1. The van der Waals surface area contributed by atoms with E-state index >= 15 is 0 Å². The fourth-order valence-corrected chi connectivity index (χ4v) is 8.45. The molecule has 27 heavy (non-hydrogen) atoms. The van der Waals surface area contributed by atoms with Gasteiger partial charge in [0.15, 0.2) is 0 Å². The van der Waals surface area contributed by atoms with E-state index in [1.807, 2.05) is 0 Å². The zero-order chi connectivity index (χ0) is 19.2. The Bertz CT molecular complexity index is 686. The average Bonchev–Trinajstić information content (AvgIpc) is 3.04. The molecule has 2 aliphatic heterocycles. The SMILES string of the molecule is CC(=O)O[C@@H]1O[C@@H]2OC(=O)[C@@H]3CC[C@@H]4[C@@]5(C)CCCC(C)(C)[C@@H]5CC[C@]14[C@H]23.